The molecule has 0 heterocycles. The maximum Gasteiger partial charge on any atom is 0.0675 e. The van der Waals surface area contributed by atoms with Crippen molar-refractivity contribution in [2.45, 2.75) is 141 Å². The van der Waals surface area contributed by atoms with Crippen molar-refractivity contribution in [3.8, 4) is 0 Å². The Morgan fingerprint density at radius 3 is 1.49 bits per heavy atom. The first-order valence-corrected chi connectivity index (χ1v) is 35.8. The van der Waals surface area contributed by atoms with Crippen molar-refractivity contribution in [2.24, 2.45) is 23.7 Å². The first-order chi connectivity index (χ1) is 38.1. The van der Waals surface area contributed by atoms with Crippen LogP contribution in [0.25, 0.3) is 21.5 Å². The second kappa shape index (κ2) is 28.5. The van der Waals surface area contributed by atoms with Crippen LogP contribution in [0.1, 0.15) is 98.4 Å². The number of nitrogens with one attached hydrogen (secondary N) is 4. The fourth-order valence-corrected chi connectivity index (χ4v) is 16.8. The fraction of sp³-hybridized carbons (Fsp3) is 0.425. The number of benzene rings is 6. The van der Waals surface area contributed by atoms with Gasteiger partial charge < -0.3 is 15.5 Å². The van der Waals surface area contributed by atoms with Crippen LogP contribution in [0.15, 0.2) is 182 Å². The topological polar surface area (TPSA) is 51.4 Å². The highest BCUT2D eigenvalue weighted by Crippen LogP contribution is 2.49. The Morgan fingerprint density at radius 2 is 0.988 bits per heavy atom. The molecule has 0 aliphatic carbocycles. The maximum atomic E-state index is 5.01. The Kier molecular flexibility index (Phi) is 22.9. The SMILES string of the molecule is C=C(NC(C(=C)N(C)C(Cc1ccccc1)P(C)C(C)C(Cc1ccccc1)NC(=C)C(NNCC(Cc1cccc2ccccc12)CS(=C)(=C)C(C)(C)C)C(C)C)C(C)C)C(Cc1cccc2ccccc12)CS(=C)(=C)C(C)(C)C. The zero-order chi connectivity index (χ0) is 59.5. The van der Waals surface area contributed by atoms with E-state index in [-0.39, 0.29) is 56.8 Å². The van der Waals surface area contributed by atoms with E-state index in [0.717, 1.165) is 60.8 Å². The van der Waals surface area contributed by atoms with Crippen molar-refractivity contribution in [3.05, 3.63) is 205 Å². The molecule has 81 heavy (non-hydrogen) atoms. The molecule has 4 N–H and O–H groups in total. The van der Waals surface area contributed by atoms with Crippen molar-refractivity contribution in [3.63, 3.8) is 0 Å². The predicted octanol–water partition coefficient (Wildman–Crippen LogP) is 16.4. The minimum absolute atomic E-state index is 0.0203. The standard InChI is InChI=1S/C73H104N5PS2/c1-52(2)70(77-74-49-60(50-80(17,18)72(9,10)11)45-63-41-31-39-61-37-27-29-43-66(61)63)55(6)75-68(46-58-33-23-21-24-34-58)57(8)79(16)69(47-59-35-25-22-26-36-59)78(15)56(7)71(53(3)4)76-54(5)65(51-81(19,20)73(12,13)14)48-64-42-32-40-62-38-28-30-44-67(62)64/h21-44,52-53,57,60,65,68-71,74-77H,5-7,17-20,45-51H2,1-4,8-16H3. The largest absolute Gasteiger partial charge is 0.384 e. The monoisotopic (exact) mass is 1150 g/mol. The summed E-state index contributed by atoms with van der Waals surface area (Å²) in [5, 5.41) is 13.4. The molecular formula is C73H104N5PS2. The van der Waals surface area contributed by atoms with Crippen molar-refractivity contribution < 1.29 is 0 Å². The first kappa shape index (κ1) is 65.1. The quantitative estimate of drug-likeness (QED) is 0.0206. The van der Waals surface area contributed by atoms with E-state index in [1.54, 1.807) is 0 Å². The fourth-order valence-electron chi connectivity index (χ4n) is 11.1. The molecular weight excluding hydrogens is 1040 g/mol. The smallest absolute Gasteiger partial charge is 0.0675 e. The van der Waals surface area contributed by atoms with E-state index in [4.69, 9.17) is 43.2 Å². The van der Waals surface area contributed by atoms with Gasteiger partial charge in [-0.25, -0.2) is 23.8 Å². The van der Waals surface area contributed by atoms with Crippen LogP contribution in [0.2, 0.25) is 0 Å². The van der Waals surface area contributed by atoms with Gasteiger partial charge in [0.25, 0.3) is 0 Å². The molecule has 0 aliphatic heterocycles. The zero-order valence-corrected chi connectivity index (χ0v) is 54.7. The van der Waals surface area contributed by atoms with Crippen molar-refractivity contribution in [1.29, 1.82) is 0 Å². The van der Waals surface area contributed by atoms with Crippen LogP contribution >= 0.6 is 26.3 Å². The Hall–Kier alpha value is -5.01. The third kappa shape index (κ3) is 17.5. The molecule has 6 aromatic rings. The van der Waals surface area contributed by atoms with Gasteiger partial charge in [0.1, 0.15) is 0 Å². The van der Waals surface area contributed by atoms with Crippen molar-refractivity contribution in [2.75, 3.05) is 31.8 Å². The van der Waals surface area contributed by atoms with Gasteiger partial charge in [0, 0.05) is 42.6 Å². The number of hydrogen-bond acceptors (Lipinski definition) is 5. The Morgan fingerprint density at radius 1 is 0.531 bits per heavy atom. The molecule has 8 atom stereocenters. The number of likely N-dealkylation sites (N-methyl/N-ethyl adjacent to an activating group) is 1. The van der Waals surface area contributed by atoms with Crippen LogP contribution in [-0.4, -0.2) is 99.2 Å². The molecule has 0 aromatic heterocycles. The third-order valence-electron chi connectivity index (χ3n) is 17.5. The molecule has 5 nitrogen and oxygen atoms in total. The average molecular weight is 1150 g/mol. The molecule has 0 aliphatic rings. The lowest BCUT2D eigenvalue weighted by molar-refractivity contribution is 0.311. The Bertz CT molecular complexity index is 3230. The summed E-state index contributed by atoms with van der Waals surface area (Å²) < 4.78 is -0.0106. The zero-order valence-electron chi connectivity index (χ0n) is 52.2. The van der Waals surface area contributed by atoms with E-state index in [1.807, 2.05) is 0 Å². The Balaban J connectivity index is 1.26. The number of hydrazine groups is 1. The van der Waals surface area contributed by atoms with E-state index in [1.165, 1.54) is 43.8 Å². The molecule has 8 heteroatoms. The molecule has 6 aromatic carbocycles. The van der Waals surface area contributed by atoms with E-state index in [9.17, 15) is 0 Å². The summed E-state index contributed by atoms with van der Waals surface area (Å²) in [5.41, 5.74) is 16.4. The van der Waals surface area contributed by atoms with Gasteiger partial charge in [0.05, 0.1) is 17.9 Å². The van der Waals surface area contributed by atoms with E-state index in [2.05, 4.69) is 262 Å². The van der Waals surface area contributed by atoms with Gasteiger partial charge in [-0.15, -0.1) is 0 Å². The van der Waals surface area contributed by atoms with Crippen LogP contribution in [-0.2, 0) is 25.7 Å². The van der Waals surface area contributed by atoms with Crippen LogP contribution in [0, 0.1) is 23.7 Å². The van der Waals surface area contributed by atoms with Crippen molar-refractivity contribution in [1.82, 2.24) is 26.4 Å². The number of allylic oxidation sites excluding steroid dienone is 1. The molecule has 0 spiro atoms. The van der Waals surface area contributed by atoms with Gasteiger partial charge in [0.15, 0.2) is 0 Å². The second-order valence-electron chi connectivity index (χ2n) is 26.2. The van der Waals surface area contributed by atoms with Gasteiger partial charge in [-0.05, 0) is 121 Å². The molecule has 0 saturated heterocycles. The summed E-state index contributed by atoms with van der Waals surface area (Å²) >= 11 is 0. The minimum atomic E-state index is -1.52. The summed E-state index contributed by atoms with van der Waals surface area (Å²) in [6, 6.07) is 53.0. The lowest BCUT2D eigenvalue weighted by Gasteiger charge is -2.44. The number of rotatable bonds is 30. The summed E-state index contributed by atoms with van der Waals surface area (Å²) in [5.74, 6) is 22.2. The molecule has 0 radical (unpaired) electrons. The van der Waals surface area contributed by atoms with Crippen LogP contribution in [0.5, 0.6) is 0 Å². The number of fused-ring (bicyclic) bond motifs is 2. The highest BCUT2D eigenvalue weighted by Gasteiger charge is 2.36. The van der Waals surface area contributed by atoms with Gasteiger partial charge >= 0.3 is 0 Å². The van der Waals surface area contributed by atoms with Crippen LogP contribution in [0.3, 0.4) is 0 Å². The van der Waals surface area contributed by atoms with Crippen LogP contribution in [0.4, 0.5) is 0 Å². The van der Waals surface area contributed by atoms with Gasteiger partial charge in [-0.3, -0.25) is 5.43 Å². The van der Waals surface area contributed by atoms with E-state index in [0.29, 0.717) is 5.92 Å². The lowest BCUT2D eigenvalue weighted by atomic mass is 9.92. The maximum absolute atomic E-state index is 5.01. The number of nitrogens with zero attached hydrogens (tertiary/aromatic N) is 1. The van der Waals surface area contributed by atoms with Crippen molar-refractivity contribution >= 4 is 71.4 Å². The normalized spacial score (nSPS) is 15.6. The summed E-state index contributed by atoms with van der Waals surface area (Å²) in [6.45, 7) is 43.5. The van der Waals surface area contributed by atoms with Gasteiger partial charge in [-0.2, -0.15) is 0 Å². The first-order valence-electron chi connectivity index (χ1n) is 29.6. The molecule has 0 amide bonds. The van der Waals surface area contributed by atoms with E-state index < -0.39 is 26.3 Å². The molecule has 8 unspecified atom stereocenters. The second-order valence-corrected chi connectivity index (χ2v) is 36.2. The predicted molar refractivity (Wildman–Crippen MR) is 375 cm³/mol. The molecule has 0 saturated carbocycles. The highest BCUT2D eigenvalue weighted by molar-refractivity contribution is 8.29. The molecule has 6 rings (SSSR count). The summed E-state index contributed by atoms with van der Waals surface area (Å²) in [6.07, 6.45) is 3.57. The summed E-state index contributed by atoms with van der Waals surface area (Å²) in [4.78, 5) is 2.53. The minimum Gasteiger partial charge on any atom is -0.384 e. The number of hydrogen-bond donors (Lipinski definition) is 4. The van der Waals surface area contributed by atoms with Crippen LogP contribution < -0.4 is 21.5 Å². The summed E-state index contributed by atoms with van der Waals surface area (Å²) in [7, 11) is -1.33. The highest BCUT2D eigenvalue weighted by atomic mass is 32.2. The van der Waals surface area contributed by atoms with E-state index >= 15 is 0 Å². The van der Waals surface area contributed by atoms with Gasteiger partial charge in [-0.1, -0.05) is 273 Å². The lowest BCUT2D eigenvalue weighted by Crippen LogP contribution is -2.52. The molecule has 0 bridgehead atoms. The third-order valence-corrected chi connectivity index (χ3v) is 27.9. The average Bonchev–Trinajstić information content (AvgIpc) is 3.48. The van der Waals surface area contributed by atoms with Gasteiger partial charge in [0.2, 0.25) is 0 Å². The molecule has 438 valence electrons. The Labute approximate surface area is 495 Å². The molecule has 0 fully saturated rings.